The number of carbonyl (C=O) groups is 1. The Hall–Kier alpha value is -1.48. The Morgan fingerprint density at radius 2 is 1.72 bits per heavy atom. The summed E-state index contributed by atoms with van der Waals surface area (Å²) in [6, 6.07) is 11.7. The van der Waals surface area contributed by atoms with Crippen LogP contribution in [0, 0.1) is 0 Å². The summed E-state index contributed by atoms with van der Waals surface area (Å²) in [6.07, 6.45) is 4.64. The first-order chi connectivity index (χ1) is 11.9. The highest BCUT2D eigenvalue weighted by atomic mass is 35.5. The van der Waals surface area contributed by atoms with Crippen molar-refractivity contribution >= 4 is 46.8 Å². The van der Waals surface area contributed by atoms with Gasteiger partial charge in [-0.05, 0) is 34.7 Å². The van der Waals surface area contributed by atoms with Crippen LogP contribution < -0.4 is 5.32 Å². The van der Waals surface area contributed by atoms with E-state index in [0.29, 0.717) is 28.0 Å². The predicted molar refractivity (Wildman–Crippen MR) is 108 cm³/mol. The van der Waals surface area contributed by atoms with Crippen molar-refractivity contribution < 1.29 is 4.79 Å². The molecular weight excluding hydrogens is 377 g/mol. The van der Waals surface area contributed by atoms with E-state index >= 15 is 0 Å². The van der Waals surface area contributed by atoms with E-state index in [1.807, 2.05) is 43.3 Å². The van der Waals surface area contributed by atoms with Gasteiger partial charge in [-0.15, -0.1) is 0 Å². The van der Waals surface area contributed by atoms with Crippen LogP contribution in [0.2, 0.25) is 15.1 Å². The zero-order chi connectivity index (χ0) is 18.4. The van der Waals surface area contributed by atoms with Crippen LogP contribution in [-0.2, 0) is 11.3 Å². The minimum atomic E-state index is 0.0538. The van der Waals surface area contributed by atoms with Crippen LogP contribution in [0.4, 0.5) is 0 Å². The number of amides is 1. The molecule has 1 unspecified atom stereocenters. The first-order valence-electron chi connectivity index (χ1n) is 8.09. The predicted octanol–water partition coefficient (Wildman–Crippen LogP) is 6.49. The van der Waals surface area contributed by atoms with Crippen molar-refractivity contribution in [2.45, 2.75) is 32.7 Å². The first kappa shape index (κ1) is 19.8. The summed E-state index contributed by atoms with van der Waals surface area (Å²) in [6.45, 7) is 4.46. The number of allylic oxidation sites excluding steroid dienone is 1. The number of carbonyl (C=O) groups excluding carboxylic acids is 1. The molecule has 132 valence electrons. The van der Waals surface area contributed by atoms with E-state index in [9.17, 15) is 4.79 Å². The average molecular weight is 397 g/mol. The first-order valence-corrected chi connectivity index (χ1v) is 9.22. The number of hydrogen-bond donors (Lipinski definition) is 1. The maximum Gasteiger partial charge on any atom is 0.219 e. The SMILES string of the molecule is CCC(=O)NCc1ccc(/C=C\C(C)c2cc(Cl)c(Cl)c(Cl)c2)cc1. The molecule has 2 aromatic rings. The van der Waals surface area contributed by atoms with Crippen LogP contribution >= 0.6 is 34.8 Å². The fraction of sp³-hybridized carbons (Fsp3) is 0.250. The Balaban J connectivity index is 2.02. The molecule has 0 aliphatic rings. The molecule has 0 radical (unpaired) electrons. The normalized spacial score (nSPS) is 12.4. The van der Waals surface area contributed by atoms with Crippen molar-refractivity contribution in [2.24, 2.45) is 0 Å². The van der Waals surface area contributed by atoms with Gasteiger partial charge in [-0.1, -0.05) is 85.1 Å². The van der Waals surface area contributed by atoms with E-state index in [-0.39, 0.29) is 11.8 Å². The van der Waals surface area contributed by atoms with Crippen molar-refractivity contribution in [3.8, 4) is 0 Å². The number of nitrogens with one attached hydrogen (secondary N) is 1. The molecule has 2 nitrogen and oxygen atoms in total. The Bertz CT molecular complexity index is 746. The third-order valence-corrected chi connectivity index (χ3v) is 5.10. The molecule has 5 heteroatoms. The molecular formula is C20H20Cl3NO. The number of benzene rings is 2. The lowest BCUT2D eigenvalue weighted by atomic mass is 9.99. The van der Waals surface area contributed by atoms with E-state index < -0.39 is 0 Å². The maximum atomic E-state index is 11.3. The molecule has 0 saturated carbocycles. The van der Waals surface area contributed by atoms with Gasteiger partial charge in [-0.3, -0.25) is 4.79 Å². The summed E-state index contributed by atoms with van der Waals surface area (Å²) < 4.78 is 0. The van der Waals surface area contributed by atoms with Crippen molar-refractivity contribution in [3.63, 3.8) is 0 Å². The van der Waals surface area contributed by atoms with Crippen LogP contribution in [-0.4, -0.2) is 5.91 Å². The van der Waals surface area contributed by atoms with E-state index in [1.165, 1.54) is 0 Å². The van der Waals surface area contributed by atoms with E-state index in [0.717, 1.165) is 16.7 Å². The Labute approximate surface area is 163 Å². The molecule has 0 aromatic heterocycles. The topological polar surface area (TPSA) is 29.1 Å². The average Bonchev–Trinajstić information content (AvgIpc) is 2.62. The fourth-order valence-corrected chi connectivity index (χ4v) is 2.89. The lowest BCUT2D eigenvalue weighted by Crippen LogP contribution is -2.21. The van der Waals surface area contributed by atoms with Gasteiger partial charge in [-0.2, -0.15) is 0 Å². The summed E-state index contributed by atoms with van der Waals surface area (Å²) in [5.74, 6) is 0.203. The van der Waals surface area contributed by atoms with E-state index in [1.54, 1.807) is 0 Å². The number of halogens is 3. The van der Waals surface area contributed by atoms with Gasteiger partial charge in [-0.25, -0.2) is 0 Å². The van der Waals surface area contributed by atoms with Crippen LogP contribution in [0.3, 0.4) is 0 Å². The van der Waals surface area contributed by atoms with Crippen LogP contribution in [0.1, 0.15) is 42.9 Å². The summed E-state index contributed by atoms with van der Waals surface area (Å²) >= 11 is 18.2. The second kappa shape index (κ2) is 9.28. The van der Waals surface area contributed by atoms with Crippen molar-refractivity contribution in [1.82, 2.24) is 5.32 Å². The van der Waals surface area contributed by atoms with Gasteiger partial charge in [0.2, 0.25) is 5.91 Å². The van der Waals surface area contributed by atoms with Crippen molar-refractivity contribution in [3.05, 3.63) is 74.2 Å². The monoisotopic (exact) mass is 395 g/mol. The number of hydrogen-bond acceptors (Lipinski definition) is 1. The molecule has 0 aliphatic heterocycles. The highest BCUT2D eigenvalue weighted by Gasteiger charge is 2.09. The van der Waals surface area contributed by atoms with Crippen molar-refractivity contribution in [1.29, 1.82) is 0 Å². The minimum absolute atomic E-state index is 0.0538. The summed E-state index contributed by atoms with van der Waals surface area (Å²) in [4.78, 5) is 11.3. The number of rotatable bonds is 6. The molecule has 0 fully saturated rings. The van der Waals surface area contributed by atoms with Crippen LogP contribution in [0.25, 0.3) is 6.08 Å². The van der Waals surface area contributed by atoms with Gasteiger partial charge in [0.05, 0.1) is 15.1 Å². The van der Waals surface area contributed by atoms with Gasteiger partial charge in [0.25, 0.3) is 0 Å². The van der Waals surface area contributed by atoms with Gasteiger partial charge in [0.1, 0.15) is 0 Å². The highest BCUT2D eigenvalue weighted by molar-refractivity contribution is 6.48. The standard InChI is InChI=1S/C20H20Cl3NO/c1-3-19(25)24-12-15-8-6-14(7-9-15)5-4-13(2)16-10-17(21)20(23)18(22)11-16/h4-11,13H,3,12H2,1-2H3,(H,24,25)/b5-4-. The summed E-state index contributed by atoms with van der Waals surface area (Å²) in [7, 11) is 0. The highest BCUT2D eigenvalue weighted by Crippen LogP contribution is 2.34. The minimum Gasteiger partial charge on any atom is -0.352 e. The van der Waals surface area contributed by atoms with Crippen LogP contribution in [0.15, 0.2) is 42.5 Å². The maximum absolute atomic E-state index is 11.3. The fourth-order valence-electron chi connectivity index (χ4n) is 2.28. The van der Waals surface area contributed by atoms with Gasteiger partial charge in [0, 0.05) is 13.0 Å². The van der Waals surface area contributed by atoms with Gasteiger partial charge < -0.3 is 5.32 Å². The van der Waals surface area contributed by atoms with Gasteiger partial charge >= 0.3 is 0 Å². The molecule has 1 atom stereocenters. The van der Waals surface area contributed by atoms with Crippen molar-refractivity contribution in [2.75, 3.05) is 0 Å². The molecule has 25 heavy (non-hydrogen) atoms. The van der Waals surface area contributed by atoms with E-state index in [4.69, 9.17) is 34.8 Å². The third-order valence-electron chi connectivity index (χ3n) is 3.90. The molecule has 0 bridgehead atoms. The molecule has 2 aromatic carbocycles. The second-order valence-corrected chi connectivity index (χ2v) is 7.01. The Kier molecular flexibility index (Phi) is 7.37. The molecule has 0 saturated heterocycles. The zero-order valence-corrected chi connectivity index (χ0v) is 16.4. The second-order valence-electron chi connectivity index (χ2n) is 5.82. The lowest BCUT2D eigenvalue weighted by molar-refractivity contribution is -0.120. The third kappa shape index (κ3) is 5.78. The molecule has 1 amide bonds. The smallest absolute Gasteiger partial charge is 0.219 e. The summed E-state index contributed by atoms with van der Waals surface area (Å²) in [5.41, 5.74) is 3.17. The van der Waals surface area contributed by atoms with E-state index in [2.05, 4.69) is 24.4 Å². The van der Waals surface area contributed by atoms with Gasteiger partial charge in [0.15, 0.2) is 0 Å². The molecule has 2 rings (SSSR count). The zero-order valence-electron chi connectivity index (χ0n) is 14.2. The molecule has 0 heterocycles. The molecule has 0 spiro atoms. The summed E-state index contributed by atoms with van der Waals surface area (Å²) in [5, 5.41) is 4.17. The Morgan fingerprint density at radius 1 is 1.12 bits per heavy atom. The lowest BCUT2D eigenvalue weighted by Gasteiger charge is -2.10. The van der Waals surface area contributed by atoms with Crippen LogP contribution in [0.5, 0.6) is 0 Å². The molecule has 1 N–H and O–H groups in total. The molecule has 0 aliphatic carbocycles. The quantitative estimate of drug-likeness (QED) is 0.555. The largest absolute Gasteiger partial charge is 0.352 e. The Morgan fingerprint density at radius 3 is 2.28 bits per heavy atom.